The van der Waals surface area contributed by atoms with Crippen LogP contribution >= 0.6 is 23.7 Å². The van der Waals surface area contributed by atoms with E-state index < -0.39 is 184 Å². The van der Waals surface area contributed by atoms with Crippen LogP contribution in [0.5, 0.6) is 11.5 Å². The average Bonchev–Trinajstić information content (AvgIpc) is 1.66. The van der Waals surface area contributed by atoms with Crippen LogP contribution in [0.4, 0.5) is 5.69 Å². The number of aliphatic hydroxyl groups is 8. The molecule has 7 amide bonds. The summed E-state index contributed by atoms with van der Waals surface area (Å²) in [6.45, 7) is 5.06. The largest absolute Gasteiger partial charge is 0.504 e. The highest BCUT2D eigenvalue weighted by Crippen LogP contribution is 2.34. The average molecular weight is 1400 g/mol. The maximum Gasteiger partial charge on any atom is 0.261 e. The number of anilines is 1. The lowest BCUT2D eigenvalue weighted by molar-refractivity contribution is -0.433. The molecule has 5 aliphatic heterocycles. The van der Waals surface area contributed by atoms with Crippen molar-refractivity contribution >= 4 is 70.7 Å². The topological polar surface area (TPSA) is 470 Å². The standard InChI is InChI=1S/C62H84N12O21S2/c1-32-28-74-52(53(32)83)58(88)64-27-41(78)25-43(65-54(84)35-4-6-36(7-5-35)59-69-70-60(96-59)37-8-10-39(11-9-37)71-17-19-72(20-18-71)40-14-21-92-22-15-40)55(85)66-49(33(2)77)61(89)73-29-42(79)26-44(73)56(86)67-50(47(82)23-34-3-12-45(80)48(24-34)93-97-95-94-91)57(87)68-51(62(74)90)46(81)13-16-63-38(30-75)31-76/h3-12,24,32-33,38,40-44,46-47,49-53,63,75-83,91H,13-23,25-31H2,1-2H3,(H,64,88)(H,65,84)(H,66,85)(H,67,86)(H,68,87)/t32-,33+,41+,42+,43-,44-,46+,47+,49-,50-,51-,52-,53-/m0/s1. The molecule has 0 saturated carbocycles. The molecule has 0 aliphatic carbocycles. The number of hydrogen-bond donors (Lipinski definition) is 16. The van der Waals surface area contributed by atoms with Crippen LogP contribution < -0.4 is 41.0 Å². The van der Waals surface area contributed by atoms with Gasteiger partial charge >= 0.3 is 0 Å². The monoisotopic (exact) mass is 1400 g/mol. The highest BCUT2D eigenvalue weighted by atomic mass is 32.2. The third-order valence-corrected chi connectivity index (χ3v) is 19.4. The number of carbonyl (C=O) groups is 7. The molecule has 35 heteroatoms. The molecule has 13 atom stereocenters. The molecule has 1 aromatic heterocycles. The van der Waals surface area contributed by atoms with Crippen molar-refractivity contribution in [3.05, 3.63) is 77.9 Å². The van der Waals surface area contributed by atoms with Gasteiger partial charge in [-0.15, -0.1) is 10.2 Å². The zero-order valence-corrected chi connectivity index (χ0v) is 54.8. The van der Waals surface area contributed by atoms with Gasteiger partial charge in [-0.25, -0.2) is 5.26 Å². The zero-order valence-electron chi connectivity index (χ0n) is 53.2. The molecule has 3 aromatic carbocycles. The molecule has 0 unspecified atom stereocenters. The molecule has 16 N–H and O–H groups in total. The van der Waals surface area contributed by atoms with E-state index in [0.29, 0.717) is 21.6 Å². The molecule has 4 aromatic rings. The van der Waals surface area contributed by atoms with E-state index >= 15 is 0 Å². The molecule has 5 fully saturated rings. The Kier molecular flexibility index (Phi) is 26.3. The Morgan fingerprint density at radius 2 is 1.40 bits per heavy atom. The second-order valence-corrected chi connectivity index (χ2v) is 26.2. The van der Waals surface area contributed by atoms with Gasteiger partial charge in [0.15, 0.2) is 11.5 Å². The number of aromatic hydroxyl groups is 1. The van der Waals surface area contributed by atoms with Gasteiger partial charge in [0, 0.05) is 113 Å². The Morgan fingerprint density at radius 1 is 0.763 bits per heavy atom. The first-order chi connectivity index (χ1) is 46.5. The number of carbonyl (C=O) groups excluding carboxylic acids is 7. The quantitative estimate of drug-likeness (QED) is 0.0167. The third kappa shape index (κ3) is 18.7. The lowest BCUT2D eigenvalue weighted by atomic mass is 9.98. The van der Waals surface area contributed by atoms with E-state index in [9.17, 15) is 79.5 Å². The molecule has 0 radical (unpaired) electrons. The minimum Gasteiger partial charge on any atom is -0.504 e. The van der Waals surface area contributed by atoms with E-state index in [2.05, 4.69) is 73.4 Å². The smallest absolute Gasteiger partial charge is 0.261 e. The van der Waals surface area contributed by atoms with Crippen molar-refractivity contribution < 1.29 is 103 Å². The fourth-order valence-electron chi connectivity index (χ4n) is 12.6. The van der Waals surface area contributed by atoms with Crippen molar-refractivity contribution in [2.45, 2.75) is 137 Å². The van der Waals surface area contributed by atoms with Crippen molar-refractivity contribution in [1.82, 2.24) is 56.8 Å². The van der Waals surface area contributed by atoms with E-state index in [1.807, 2.05) is 12.1 Å². The van der Waals surface area contributed by atoms with Crippen LogP contribution in [0.1, 0.15) is 61.9 Å². The van der Waals surface area contributed by atoms with Gasteiger partial charge in [-0.1, -0.05) is 45.8 Å². The van der Waals surface area contributed by atoms with Crippen molar-refractivity contribution in [1.29, 1.82) is 0 Å². The van der Waals surface area contributed by atoms with Crippen molar-refractivity contribution in [3.8, 4) is 32.6 Å². The van der Waals surface area contributed by atoms with Crippen molar-refractivity contribution in [2.24, 2.45) is 5.92 Å². The number of benzene rings is 3. The molecule has 0 bridgehead atoms. The molecule has 6 heterocycles. The summed E-state index contributed by atoms with van der Waals surface area (Å²) in [5.41, 5.74) is 2.68. The molecule has 5 aliphatic rings. The lowest BCUT2D eigenvalue weighted by Crippen LogP contribution is -2.64. The summed E-state index contributed by atoms with van der Waals surface area (Å²) in [6, 6.07) is 6.08. The van der Waals surface area contributed by atoms with Gasteiger partial charge in [0.05, 0.1) is 55.9 Å². The van der Waals surface area contributed by atoms with Crippen LogP contribution in [0.25, 0.3) is 21.1 Å². The highest BCUT2D eigenvalue weighted by Gasteiger charge is 2.50. The van der Waals surface area contributed by atoms with E-state index in [4.69, 9.17) is 14.2 Å². The summed E-state index contributed by atoms with van der Waals surface area (Å²) < 4.78 is 14.9. The molecule has 33 nitrogen and oxygen atoms in total. The molecule has 97 heavy (non-hydrogen) atoms. The van der Waals surface area contributed by atoms with Crippen LogP contribution in [0, 0.1) is 5.92 Å². The number of amides is 7. The summed E-state index contributed by atoms with van der Waals surface area (Å²) in [6.07, 6.45) is -10.6. The Morgan fingerprint density at radius 3 is 2.05 bits per heavy atom. The normalized spacial score (nSPS) is 26.5. The van der Waals surface area contributed by atoms with Crippen LogP contribution in [0.3, 0.4) is 0 Å². The fourth-order valence-corrected chi connectivity index (χ4v) is 13.7. The van der Waals surface area contributed by atoms with Crippen molar-refractivity contribution in [2.75, 3.05) is 83.7 Å². The number of nitrogens with zero attached hydrogens (tertiary/aromatic N) is 6. The molecule has 5 saturated heterocycles. The van der Waals surface area contributed by atoms with Gasteiger partial charge < -0.3 is 101 Å². The number of nitrogens with one attached hydrogen (secondary N) is 6. The van der Waals surface area contributed by atoms with Gasteiger partial charge in [-0.05, 0) is 86.8 Å². The fraction of sp³-hybridized carbons (Fsp3) is 0.565. The first kappa shape index (κ1) is 73.9. The second-order valence-electron chi connectivity index (χ2n) is 24.8. The van der Waals surface area contributed by atoms with Crippen LogP contribution in [0.2, 0.25) is 0 Å². The molecular weight excluding hydrogens is 1310 g/mol. The number of fused-ring (bicyclic) bond motifs is 2. The lowest BCUT2D eigenvalue weighted by Gasteiger charge is -2.41. The molecule has 0 spiro atoms. The summed E-state index contributed by atoms with van der Waals surface area (Å²) in [7, 11) is 0. The van der Waals surface area contributed by atoms with Gasteiger partial charge in [-0.2, -0.15) is 0 Å². The zero-order chi connectivity index (χ0) is 69.6. The number of rotatable bonds is 21. The number of ether oxygens (including phenoxy) is 1. The second kappa shape index (κ2) is 34.5. The van der Waals surface area contributed by atoms with Crippen LogP contribution in [-0.4, -0.2) is 281 Å². The van der Waals surface area contributed by atoms with Crippen molar-refractivity contribution in [3.63, 3.8) is 0 Å². The summed E-state index contributed by atoms with van der Waals surface area (Å²) in [4.78, 5) is 109. The number of aliphatic hydroxyl groups excluding tert-OH is 8. The number of piperazine rings is 1. The summed E-state index contributed by atoms with van der Waals surface area (Å²) in [5.74, 6) is -9.60. The molecule has 530 valence electrons. The highest BCUT2D eigenvalue weighted by molar-refractivity contribution is 7.90. The first-order valence-electron chi connectivity index (χ1n) is 31.9. The van der Waals surface area contributed by atoms with Crippen LogP contribution in [-0.2, 0) is 49.3 Å². The number of β-amino-alcohol motifs (C(OH)–C–C–N with tert-alkyl or cyclic N) is 1. The van der Waals surface area contributed by atoms with Crippen LogP contribution in [0.15, 0.2) is 66.7 Å². The van der Waals surface area contributed by atoms with Gasteiger partial charge in [-0.3, -0.25) is 38.5 Å². The minimum absolute atomic E-state index is 0.0178. The van der Waals surface area contributed by atoms with E-state index in [-0.39, 0.29) is 42.3 Å². The SMILES string of the molecule is C[C@@H](O)[C@@H]1NC(=O)[C@@H](NC(=O)c2ccc(-c3nnc(-c4ccc(N5CCN(C6CCOCC6)CC5)cc4)s3)cc2)C[C@@H](O)CNC(=O)[C@@H]2[C@@H](O)[C@@H](C)CN2C(=O)[C@H]([C@H](O)CCNC(CO)CO)NC(=O)[C@H]([C@H](O)Cc2ccc(O)c(OSOOO)c2)NC(=O)[C@@H]2C[C@@H](O)CN2C1=O. The maximum absolute atomic E-state index is 15.0. The third-order valence-electron chi connectivity index (χ3n) is 18.0. The first-order valence-corrected chi connectivity index (χ1v) is 33.4. The van der Waals surface area contributed by atoms with E-state index in [0.717, 1.165) is 86.3 Å². The Bertz CT molecular complexity index is 3330. The Labute approximate surface area is 565 Å². The van der Waals surface area contributed by atoms with E-state index in [1.54, 1.807) is 12.1 Å². The van der Waals surface area contributed by atoms with Gasteiger partial charge in [0.1, 0.15) is 46.3 Å². The molecule has 9 rings (SSSR count). The van der Waals surface area contributed by atoms with E-state index in [1.165, 1.54) is 42.5 Å². The van der Waals surface area contributed by atoms with Gasteiger partial charge in [0.2, 0.25) is 35.4 Å². The maximum atomic E-state index is 15.0. The number of phenolic OH excluding ortho intramolecular Hbond substituents is 1. The molecular formula is C62H84N12O21S2. The number of aromatic nitrogens is 2. The Balaban J connectivity index is 0.970. The summed E-state index contributed by atoms with van der Waals surface area (Å²) >= 11 is 1.40. The minimum atomic E-state index is -2.16. The predicted octanol–water partition coefficient (Wildman–Crippen LogP) is -3.48. The summed E-state index contributed by atoms with van der Waals surface area (Å²) in [5, 5.41) is 136. The number of phenols is 1. The number of hydrogen-bond acceptors (Lipinski definition) is 28. The predicted molar refractivity (Wildman–Crippen MR) is 345 cm³/mol. The van der Waals surface area contributed by atoms with Gasteiger partial charge in [0.25, 0.3) is 18.2 Å². The Hall–Kier alpha value is -7.30.